The Bertz CT molecular complexity index is 1350. The summed E-state index contributed by atoms with van der Waals surface area (Å²) in [6.45, 7) is 2.79. The van der Waals surface area contributed by atoms with Crippen LogP contribution in [0.2, 0.25) is 0 Å². The number of hydrogen-bond donors (Lipinski definition) is 1. The first kappa shape index (κ1) is 26.4. The van der Waals surface area contributed by atoms with Crippen LogP contribution in [-0.2, 0) is 16.4 Å². The van der Waals surface area contributed by atoms with Crippen molar-refractivity contribution >= 4 is 48.1 Å². The molecular formula is C26H30BrFN4O3S2. The molecule has 11 heteroatoms. The van der Waals surface area contributed by atoms with Crippen LogP contribution in [0.4, 0.5) is 15.2 Å². The first-order valence-corrected chi connectivity index (χ1v) is 15.3. The summed E-state index contributed by atoms with van der Waals surface area (Å²) in [5.41, 5.74) is 1.87. The molecule has 1 aromatic heterocycles. The first-order chi connectivity index (χ1) is 17.7. The maximum atomic E-state index is 15.2. The van der Waals surface area contributed by atoms with Crippen LogP contribution >= 0.6 is 27.3 Å². The van der Waals surface area contributed by atoms with Crippen molar-refractivity contribution in [1.82, 2.24) is 9.88 Å². The lowest BCUT2D eigenvalue weighted by atomic mass is 9.87. The summed E-state index contributed by atoms with van der Waals surface area (Å²) in [6.07, 6.45) is 5.83. The Hall–Kier alpha value is -2.21. The molecule has 0 radical (unpaired) electrons. The quantitative estimate of drug-likeness (QED) is 0.351. The number of halogens is 2. The SMILES string of the molecule is COc1ccc(CC2CN3CCCC3(CNc3cc(F)c(S(=O)(=O)N(C)c4nccs4)cc3Br)C2)cc1. The number of benzene rings is 2. The molecule has 0 amide bonds. The predicted molar refractivity (Wildman–Crippen MR) is 149 cm³/mol. The highest BCUT2D eigenvalue weighted by atomic mass is 79.9. The fourth-order valence-electron chi connectivity index (χ4n) is 5.67. The minimum atomic E-state index is -4.09. The number of ether oxygens (including phenoxy) is 1. The maximum absolute atomic E-state index is 15.2. The minimum Gasteiger partial charge on any atom is -0.497 e. The zero-order valence-electron chi connectivity index (χ0n) is 20.8. The largest absolute Gasteiger partial charge is 0.497 e. The molecule has 2 aromatic carbocycles. The van der Waals surface area contributed by atoms with Crippen molar-refractivity contribution in [2.45, 2.75) is 36.1 Å². The van der Waals surface area contributed by atoms with Crippen LogP contribution in [0.3, 0.4) is 0 Å². The van der Waals surface area contributed by atoms with E-state index in [1.807, 2.05) is 12.1 Å². The third kappa shape index (κ3) is 5.23. The first-order valence-electron chi connectivity index (χ1n) is 12.2. The fourth-order valence-corrected chi connectivity index (χ4v) is 8.36. The molecule has 0 saturated carbocycles. The predicted octanol–water partition coefficient (Wildman–Crippen LogP) is 5.39. The lowest BCUT2D eigenvalue weighted by Crippen LogP contribution is -2.44. The van der Waals surface area contributed by atoms with Gasteiger partial charge < -0.3 is 10.1 Å². The van der Waals surface area contributed by atoms with E-state index >= 15 is 4.39 Å². The number of aromatic nitrogens is 1. The number of thiazole rings is 1. The molecule has 2 atom stereocenters. The zero-order valence-corrected chi connectivity index (χ0v) is 24.0. The Kier molecular flexibility index (Phi) is 7.50. The van der Waals surface area contributed by atoms with Crippen molar-refractivity contribution in [3.05, 3.63) is 63.8 Å². The number of rotatable bonds is 9. The fraction of sp³-hybridized carbons (Fsp3) is 0.423. The lowest BCUT2D eigenvalue weighted by Gasteiger charge is -2.33. The molecule has 0 spiro atoms. The number of nitrogens with zero attached hydrogens (tertiary/aromatic N) is 3. The summed E-state index contributed by atoms with van der Waals surface area (Å²) in [6, 6.07) is 10.9. The Morgan fingerprint density at radius 2 is 2.11 bits per heavy atom. The lowest BCUT2D eigenvalue weighted by molar-refractivity contribution is 0.209. The summed E-state index contributed by atoms with van der Waals surface area (Å²) in [5, 5.41) is 5.39. The molecule has 1 N–H and O–H groups in total. The van der Waals surface area contributed by atoms with E-state index in [9.17, 15) is 8.42 Å². The van der Waals surface area contributed by atoms with Crippen molar-refractivity contribution < 1.29 is 17.5 Å². The molecule has 2 aliphatic heterocycles. The average Bonchev–Trinajstić information content (AvgIpc) is 3.61. The van der Waals surface area contributed by atoms with Gasteiger partial charge in [0.05, 0.1) is 12.8 Å². The normalized spacial score (nSPS) is 21.7. The number of fused-ring (bicyclic) bond motifs is 1. The number of nitrogens with one attached hydrogen (secondary N) is 1. The van der Waals surface area contributed by atoms with Crippen LogP contribution in [-0.4, -0.2) is 57.6 Å². The van der Waals surface area contributed by atoms with Gasteiger partial charge in [0, 0.05) is 41.7 Å². The highest BCUT2D eigenvalue weighted by Gasteiger charge is 2.48. The summed E-state index contributed by atoms with van der Waals surface area (Å²) in [7, 11) is -1.03. The Morgan fingerprint density at radius 3 is 2.81 bits per heavy atom. The Balaban J connectivity index is 1.29. The average molecular weight is 610 g/mol. The van der Waals surface area contributed by atoms with E-state index in [1.54, 1.807) is 12.5 Å². The van der Waals surface area contributed by atoms with Crippen molar-refractivity contribution in [3.63, 3.8) is 0 Å². The smallest absolute Gasteiger partial charge is 0.268 e. The molecule has 5 rings (SSSR count). The van der Waals surface area contributed by atoms with Crippen LogP contribution in [0.1, 0.15) is 24.8 Å². The van der Waals surface area contributed by atoms with Crippen LogP contribution in [0.15, 0.2) is 57.3 Å². The van der Waals surface area contributed by atoms with Crippen molar-refractivity contribution in [1.29, 1.82) is 0 Å². The third-order valence-electron chi connectivity index (χ3n) is 7.53. The highest BCUT2D eigenvalue weighted by Crippen LogP contribution is 2.43. The topological polar surface area (TPSA) is 74.8 Å². The minimum absolute atomic E-state index is 0.0167. The number of sulfonamides is 1. The van der Waals surface area contributed by atoms with Crippen LogP contribution in [0.25, 0.3) is 0 Å². The number of anilines is 2. The van der Waals surface area contributed by atoms with Gasteiger partial charge in [0.1, 0.15) is 16.5 Å². The second-order valence-electron chi connectivity index (χ2n) is 9.80. The van der Waals surface area contributed by atoms with Crippen LogP contribution < -0.4 is 14.4 Å². The van der Waals surface area contributed by atoms with Crippen LogP contribution in [0.5, 0.6) is 5.75 Å². The molecule has 2 unspecified atom stereocenters. The molecule has 198 valence electrons. The van der Waals surface area contributed by atoms with E-state index in [-0.39, 0.29) is 15.6 Å². The molecule has 2 saturated heterocycles. The van der Waals surface area contributed by atoms with Crippen molar-refractivity contribution in [3.8, 4) is 5.75 Å². The molecule has 2 fully saturated rings. The summed E-state index contributed by atoms with van der Waals surface area (Å²) in [4.78, 5) is 6.21. The van der Waals surface area contributed by atoms with Gasteiger partial charge in [0.2, 0.25) is 0 Å². The van der Waals surface area contributed by atoms with Gasteiger partial charge in [-0.25, -0.2) is 22.1 Å². The van der Waals surface area contributed by atoms with Crippen molar-refractivity contribution in [2.75, 3.05) is 43.4 Å². The second kappa shape index (κ2) is 10.5. The Labute approximate surface area is 229 Å². The monoisotopic (exact) mass is 608 g/mol. The van der Waals surface area contributed by atoms with Crippen LogP contribution in [0, 0.1) is 11.7 Å². The van der Waals surface area contributed by atoms with E-state index in [1.165, 1.54) is 42.3 Å². The number of hydrogen-bond acceptors (Lipinski definition) is 7. The van der Waals surface area contributed by atoms with Gasteiger partial charge in [-0.15, -0.1) is 11.3 Å². The van der Waals surface area contributed by atoms with Gasteiger partial charge in [0.15, 0.2) is 5.13 Å². The van der Waals surface area contributed by atoms with Gasteiger partial charge in [-0.05, 0) is 83.9 Å². The maximum Gasteiger partial charge on any atom is 0.268 e. The number of methoxy groups -OCH3 is 1. The molecule has 0 aliphatic carbocycles. The van der Waals surface area contributed by atoms with E-state index in [2.05, 4.69) is 43.3 Å². The van der Waals surface area contributed by atoms with Gasteiger partial charge in [-0.1, -0.05) is 12.1 Å². The van der Waals surface area contributed by atoms with E-state index in [0.29, 0.717) is 22.6 Å². The van der Waals surface area contributed by atoms with Crippen molar-refractivity contribution in [2.24, 2.45) is 5.92 Å². The second-order valence-corrected chi connectivity index (χ2v) is 13.5. The van der Waals surface area contributed by atoms with Gasteiger partial charge in [-0.2, -0.15) is 0 Å². The summed E-state index contributed by atoms with van der Waals surface area (Å²) < 4.78 is 48.0. The standard InChI is InChI=1S/C26H30BrFN4O3S2/c1-31(25-29-9-11-36-25)37(33,34)24-13-21(27)23(14-22(24)28)30-17-26-8-3-10-32(26)16-19(15-26)12-18-4-6-20(35-2)7-5-18/h4-7,9,11,13-14,19,30H,3,8,10,12,15-17H2,1-2H3. The summed E-state index contributed by atoms with van der Waals surface area (Å²) in [5.74, 6) is 0.617. The van der Waals surface area contributed by atoms with Gasteiger partial charge >= 0.3 is 0 Å². The van der Waals surface area contributed by atoms with E-state index in [4.69, 9.17) is 4.74 Å². The molecule has 3 aromatic rings. The van der Waals surface area contributed by atoms with Gasteiger partial charge in [0.25, 0.3) is 10.0 Å². The molecule has 7 nitrogen and oxygen atoms in total. The zero-order chi connectivity index (χ0) is 26.2. The molecular weight excluding hydrogens is 579 g/mol. The molecule has 2 aliphatic rings. The Morgan fingerprint density at radius 1 is 1.32 bits per heavy atom. The van der Waals surface area contributed by atoms with E-state index < -0.39 is 15.8 Å². The molecule has 37 heavy (non-hydrogen) atoms. The molecule has 3 heterocycles. The molecule has 0 bridgehead atoms. The van der Waals surface area contributed by atoms with Gasteiger partial charge in [-0.3, -0.25) is 4.90 Å². The third-order valence-corrected chi connectivity index (χ3v) is 10.9. The summed E-state index contributed by atoms with van der Waals surface area (Å²) >= 11 is 4.65. The van der Waals surface area contributed by atoms with E-state index in [0.717, 1.165) is 48.8 Å². The highest BCUT2D eigenvalue weighted by molar-refractivity contribution is 9.10.